The van der Waals surface area contributed by atoms with Crippen LogP contribution in [0.15, 0.2) is 51.7 Å². The number of ether oxygens (including phenoxy) is 1. The minimum atomic E-state index is -0.358. The molecule has 1 heterocycles. The third kappa shape index (κ3) is 3.28. The van der Waals surface area contributed by atoms with E-state index in [0.29, 0.717) is 23.9 Å². The predicted molar refractivity (Wildman–Crippen MR) is 110 cm³/mol. The highest BCUT2D eigenvalue weighted by atomic mass is 16.5. The lowest BCUT2D eigenvalue weighted by Crippen LogP contribution is -2.53. The highest BCUT2D eigenvalue weighted by molar-refractivity contribution is 5.77. The molecule has 1 N–H and O–H groups in total. The topological polar surface area (TPSA) is 59.7 Å². The number of hydrogen-bond acceptors (Lipinski definition) is 4. The van der Waals surface area contributed by atoms with Crippen molar-refractivity contribution in [1.29, 1.82) is 0 Å². The van der Waals surface area contributed by atoms with Crippen molar-refractivity contribution in [3.8, 4) is 5.75 Å². The fraction of sp³-hybridized carbons (Fsp3) is 0.542. The fourth-order valence-electron chi connectivity index (χ4n) is 5.86. The van der Waals surface area contributed by atoms with Gasteiger partial charge in [-0.3, -0.25) is 0 Å². The maximum atomic E-state index is 11.5. The summed E-state index contributed by atoms with van der Waals surface area (Å²) in [5.41, 5.74) is 1.63. The van der Waals surface area contributed by atoms with E-state index >= 15 is 0 Å². The Hall–Kier alpha value is -2.07. The molecule has 0 aliphatic heterocycles. The Labute approximate surface area is 166 Å². The third-order valence-electron chi connectivity index (χ3n) is 7.25. The van der Waals surface area contributed by atoms with Crippen LogP contribution < -0.4 is 10.4 Å². The molecule has 0 radical (unpaired) electrons. The molecule has 0 spiro atoms. The summed E-state index contributed by atoms with van der Waals surface area (Å²) >= 11 is 0. The molecule has 28 heavy (non-hydrogen) atoms. The molecule has 4 heteroatoms. The van der Waals surface area contributed by atoms with Crippen molar-refractivity contribution in [2.24, 2.45) is 22.7 Å². The van der Waals surface area contributed by atoms with Crippen LogP contribution in [0, 0.1) is 22.7 Å². The monoisotopic (exact) mass is 382 g/mol. The molecular weight excluding hydrogens is 352 g/mol. The first-order valence-electron chi connectivity index (χ1n) is 10.2. The van der Waals surface area contributed by atoms with Gasteiger partial charge in [0.05, 0.1) is 12.7 Å². The van der Waals surface area contributed by atoms with E-state index in [-0.39, 0.29) is 28.5 Å². The molecule has 0 amide bonds. The summed E-state index contributed by atoms with van der Waals surface area (Å²) in [6.07, 6.45) is 3.44. The zero-order valence-electron chi connectivity index (χ0n) is 17.0. The van der Waals surface area contributed by atoms with Gasteiger partial charge in [-0.25, -0.2) is 4.79 Å². The van der Waals surface area contributed by atoms with Gasteiger partial charge in [-0.15, -0.1) is 0 Å². The number of rotatable bonds is 3. The fourth-order valence-corrected chi connectivity index (χ4v) is 5.86. The lowest BCUT2D eigenvalue weighted by molar-refractivity contribution is -0.0934. The van der Waals surface area contributed by atoms with Gasteiger partial charge in [0.25, 0.3) is 0 Å². The average Bonchev–Trinajstić information content (AvgIpc) is 2.62. The Morgan fingerprint density at radius 2 is 2.00 bits per heavy atom. The smallest absolute Gasteiger partial charge is 0.336 e. The zero-order chi connectivity index (χ0) is 20.1. The van der Waals surface area contributed by atoms with E-state index in [4.69, 9.17) is 9.15 Å². The summed E-state index contributed by atoms with van der Waals surface area (Å²) in [5.74, 6) is 1.39. The maximum absolute atomic E-state index is 11.5. The molecule has 1 aromatic heterocycles. The molecule has 2 aliphatic rings. The second-order valence-electron chi connectivity index (χ2n) is 9.63. The first kappa shape index (κ1) is 19.3. The molecule has 4 rings (SSSR count). The summed E-state index contributed by atoms with van der Waals surface area (Å²) in [5, 5.41) is 11.2. The number of fused-ring (bicyclic) bond motifs is 2. The Kier molecular flexibility index (Phi) is 4.65. The van der Waals surface area contributed by atoms with E-state index in [1.54, 1.807) is 12.1 Å². The summed E-state index contributed by atoms with van der Waals surface area (Å²) in [4.78, 5) is 11.5. The standard InChI is InChI=1S/C24H30O4/c1-15-13-23(2,3)21-11-17(25)9-10-24(21,4)19(15)14-27-18-7-5-16-6-8-22(26)28-20(16)12-18/h5-8,12,17,19,21,25H,1,9-11,13-14H2,2-4H3. The quantitative estimate of drug-likeness (QED) is 0.603. The van der Waals surface area contributed by atoms with Crippen molar-refractivity contribution in [2.75, 3.05) is 6.61 Å². The minimum absolute atomic E-state index is 0.0709. The molecule has 4 nitrogen and oxygen atoms in total. The summed E-state index contributed by atoms with van der Waals surface area (Å²) in [7, 11) is 0. The van der Waals surface area contributed by atoms with Crippen LogP contribution in [0.3, 0.4) is 0 Å². The molecule has 4 unspecified atom stereocenters. The van der Waals surface area contributed by atoms with E-state index in [1.807, 2.05) is 12.1 Å². The second kappa shape index (κ2) is 6.77. The molecular formula is C24H30O4. The highest BCUT2D eigenvalue weighted by Crippen LogP contribution is 2.61. The Morgan fingerprint density at radius 1 is 1.25 bits per heavy atom. The SMILES string of the molecule is C=C1CC(C)(C)C2CC(O)CCC2(C)C1COc1ccc2ccc(=O)oc2c1. The third-order valence-corrected chi connectivity index (χ3v) is 7.25. The van der Waals surface area contributed by atoms with Gasteiger partial charge in [0, 0.05) is 23.4 Å². The van der Waals surface area contributed by atoms with Crippen LogP contribution in [0.25, 0.3) is 11.0 Å². The van der Waals surface area contributed by atoms with Crippen molar-refractivity contribution >= 4 is 11.0 Å². The number of hydrogen-bond donors (Lipinski definition) is 1. The first-order chi connectivity index (χ1) is 13.2. The first-order valence-corrected chi connectivity index (χ1v) is 10.2. The second-order valence-corrected chi connectivity index (χ2v) is 9.63. The Balaban J connectivity index is 1.58. The molecule has 2 saturated carbocycles. The van der Waals surface area contributed by atoms with Gasteiger partial charge >= 0.3 is 5.63 Å². The largest absolute Gasteiger partial charge is 0.493 e. The number of benzene rings is 1. The van der Waals surface area contributed by atoms with Crippen LogP contribution in [-0.2, 0) is 0 Å². The van der Waals surface area contributed by atoms with Crippen LogP contribution in [0.2, 0.25) is 0 Å². The molecule has 0 bridgehead atoms. The summed E-state index contributed by atoms with van der Waals surface area (Å²) < 4.78 is 11.5. The number of aliphatic hydroxyl groups excluding tert-OH is 1. The molecule has 4 atom stereocenters. The minimum Gasteiger partial charge on any atom is -0.493 e. The van der Waals surface area contributed by atoms with Crippen molar-refractivity contribution < 1.29 is 14.3 Å². The van der Waals surface area contributed by atoms with Crippen molar-refractivity contribution in [1.82, 2.24) is 0 Å². The summed E-state index contributed by atoms with van der Waals surface area (Å²) in [6, 6.07) is 8.80. The van der Waals surface area contributed by atoms with E-state index in [2.05, 4.69) is 27.4 Å². The maximum Gasteiger partial charge on any atom is 0.336 e. The Bertz CT molecular complexity index is 956. The van der Waals surface area contributed by atoms with E-state index in [0.717, 1.165) is 31.1 Å². The van der Waals surface area contributed by atoms with Gasteiger partial charge in [0.2, 0.25) is 0 Å². The average molecular weight is 383 g/mol. The Morgan fingerprint density at radius 3 is 2.79 bits per heavy atom. The van der Waals surface area contributed by atoms with Crippen molar-refractivity contribution in [2.45, 2.75) is 52.6 Å². The molecule has 2 aromatic rings. The van der Waals surface area contributed by atoms with E-state index in [9.17, 15) is 9.90 Å². The molecule has 150 valence electrons. The molecule has 1 aromatic carbocycles. The molecule has 2 aliphatic carbocycles. The van der Waals surface area contributed by atoms with E-state index in [1.165, 1.54) is 11.6 Å². The number of aliphatic hydroxyl groups is 1. The van der Waals surface area contributed by atoms with Gasteiger partial charge in [-0.05, 0) is 60.6 Å². The van der Waals surface area contributed by atoms with Crippen LogP contribution >= 0.6 is 0 Å². The van der Waals surface area contributed by atoms with Crippen LogP contribution in [0.4, 0.5) is 0 Å². The summed E-state index contributed by atoms with van der Waals surface area (Å²) in [6.45, 7) is 11.9. The van der Waals surface area contributed by atoms with Crippen molar-refractivity contribution in [3.05, 3.63) is 52.9 Å². The highest BCUT2D eigenvalue weighted by Gasteiger charge is 2.55. The van der Waals surface area contributed by atoms with Gasteiger partial charge in [-0.1, -0.05) is 32.9 Å². The lowest BCUT2D eigenvalue weighted by atomic mass is 9.47. The lowest BCUT2D eigenvalue weighted by Gasteiger charge is -2.59. The van der Waals surface area contributed by atoms with Crippen LogP contribution in [0.5, 0.6) is 5.75 Å². The van der Waals surface area contributed by atoms with Gasteiger partial charge in [0.15, 0.2) is 0 Å². The molecule has 0 saturated heterocycles. The zero-order valence-corrected chi connectivity index (χ0v) is 17.0. The van der Waals surface area contributed by atoms with Crippen molar-refractivity contribution in [3.63, 3.8) is 0 Å². The molecule has 2 fully saturated rings. The van der Waals surface area contributed by atoms with Crippen LogP contribution in [0.1, 0.15) is 46.5 Å². The van der Waals surface area contributed by atoms with E-state index < -0.39 is 0 Å². The normalized spacial score (nSPS) is 32.1. The van der Waals surface area contributed by atoms with Gasteiger partial charge < -0.3 is 14.3 Å². The van der Waals surface area contributed by atoms with Gasteiger partial charge in [-0.2, -0.15) is 0 Å². The predicted octanol–water partition coefficient (Wildman–Crippen LogP) is 4.94. The van der Waals surface area contributed by atoms with Gasteiger partial charge in [0.1, 0.15) is 11.3 Å². The van der Waals surface area contributed by atoms with Crippen LogP contribution in [-0.4, -0.2) is 17.8 Å².